The van der Waals surface area contributed by atoms with Gasteiger partial charge in [-0.1, -0.05) is 12.1 Å². The topological polar surface area (TPSA) is 134 Å². The lowest BCUT2D eigenvalue weighted by Crippen LogP contribution is -2.37. The first-order valence-corrected chi connectivity index (χ1v) is 12.0. The van der Waals surface area contributed by atoms with E-state index >= 15 is 0 Å². The second-order valence-electron chi connectivity index (χ2n) is 7.96. The van der Waals surface area contributed by atoms with Crippen LogP contribution in [-0.4, -0.2) is 52.8 Å². The van der Waals surface area contributed by atoms with Gasteiger partial charge in [-0.2, -0.15) is 10.5 Å². The molecule has 34 heavy (non-hydrogen) atoms. The molecule has 0 saturated carbocycles. The number of piperidine rings is 1. The van der Waals surface area contributed by atoms with Crippen molar-refractivity contribution in [2.24, 2.45) is 0 Å². The van der Waals surface area contributed by atoms with E-state index in [0.29, 0.717) is 11.1 Å². The van der Waals surface area contributed by atoms with E-state index in [1.54, 1.807) is 19.2 Å². The van der Waals surface area contributed by atoms with E-state index in [4.69, 9.17) is 5.26 Å². The van der Waals surface area contributed by atoms with Crippen LogP contribution < -0.4 is 25.4 Å². The molecule has 1 aliphatic rings. The van der Waals surface area contributed by atoms with E-state index in [0.717, 1.165) is 61.5 Å². The first kappa shape index (κ1) is 25.2. The number of carbonyl (C=O) groups excluding carboxylic acids is 1. The minimum atomic E-state index is -0.678. The fourth-order valence-corrected chi connectivity index (χ4v) is 4.88. The number of nitrogens with one attached hydrogen (secondary N) is 2. The van der Waals surface area contributed by atoms with Crippen LogP contribution in [0.1, 0.15) is 25.3 Å². The number of rotatable bonds is 8. The average Bonchev–Trinajstić information content (AvgIpc) is 3.16. The Morgan fingerprint density at radius 2 is 2.09 bits per heavy atom. The maximum absolute atomic E-state index is 12.8. The molecule has 0 bridgehead atoms. The minimum Gasteiger partial charge on any atom is -0.393 e. The van der Waals surface area contributed by atoms with Crippen molar-refractivity contribution < 1.29 is 9.90 Å². The Morgan fingerprint density at radius 3 is 2.76 bits per heavy atom. The third-order valence-corrected chi connectivity index (χ3v) is 6.81. The van der Waals surface area contributed by atoms with E-state index in [1.165, 1.54) is 4.57 Å². The molecule has 2 aromatic rings. The van der Waals surface area contributed by atoms with Gasteiger partial charge in [-0.05, 0) is 43.9 Å². The molecule has 0 radical (unpaired) electrons. The summed E-state index contributed by atoms with van der Waals surface area (Å²) in [4.78, 5) is 27.5. The van der Waals surface area contributed by atoms with Crippen molar-refractivity contribution in [2.45, 2.75) is 38.8 Å². The number of aromatic nitrogens is 1. The molecule has 1 aliphatic heterocycles. The number of aliphatic hydroxyl groups is 1. The number of nitrogens with zero attached hydrogens (tertiary/aromatic N) is 4. The van der Waals surface area contributed by atoms with Gasteiger partial charge in [0.05, 0.1) is 12.2 Å². The van der Waals surface area contributed by atoms with Gasteiger partial charge in [-0.3, -0.25) is 14.2 Å². The van der Waals surface area contributed by atoms with Crippen LogP contribution in [0.3, 0.4) is 0 Å². The Bertz CT molecular complexity index is 1280. The smallest absolute Gasteiger partial charge is 0.270 e. The highest BCUT2D eigenvalue weighted by atomic mass is 32.1. The van der Waals surface area contributed by atoms with Crippen LogP contribution in [0.15, 0.2) is 29.1 Å². The Hall–Kier alpha value is -3.44. The highest BCUT2D eigenvalue weighted by Crippen LogP contribution is 2.14. The van der Waals surface area contributed by atoms with Crippen molar-refractivity contribution in [3.05, 3.63) is 49.4 Å². The van der Waals surface area contributed by atoms with Gasteiger partial charge in [0.2, 0.25) is 0 Å². The molecule has 3 N–H and O–H groups in total. The molecule has 9 nitrogen and oxygen atoms in total. The molecule has 1 aromatic heterocycles. The first-order valence-electron chi connectivity index (χ1n) is 11.2. The van der Waals surface area contributed by atoms with Gasteiger partial charge in [0.25, 0.3) is 11.5 Å². The van der Waals surface area contributed by atoms with Gasteiger partial charge < -0.3 is 20.6 Å². The lowest BCUT2D eigenvalue weighted by atomic mass is 10.1. The second-order valence-corrected chi connectivity index (χ2v) is 8.99. The zero-order valence-electron chi connectivity index (χ0n) is 19.1. The van der Waals surface area contributed by atoms with Gasteiger partial charge >= 0.3 is 0 Å². The summed E-state index contributed by atoms with van der Waals surface area (Å²) in [5.41, 5.74) is 1.52. The minimum absolute atomic E-state index is 0.178. The van der Waals surface area contributed by atoms with E-state index in [9.17, 15) is 20.0 Å². The third kappa shape index (κ3) is 6.33. The van der Waals surface area contributed by atoms with Crippen molar-refractivity contribution in [1.29, 1.82) is 10.5 Å². The van der Waals surface area contributed by atoms with Crippen molar-refractivity contribution in [1.82, 2.24) is 14.8 Å². The van der Waals surface area contributed by atoms with Crippen LogP contribution in [0.5, 0.6) is 0 Å². The Morgan fingerprint density at radius 1 is 1.32 bits per heavy atom. The molecule has 1 saturated heterocycles. The highest BCUT2D eigenvalue weighted by Gasteiger charge is 2.17. The van der Waals surface area contributed by atoms with Gasteiger partial charge in [-0.25, -0.2) is 0 Å². The van der Waals surface area contributed by atoms with Gasteiger partial charge in [0, 0.05) is 38.1 Å². The second kappa shape index (κ2) is 12.1. The lowest BCUT2D eigenvalue weighted by molar-refractivity contribution is -0.115. The van der Waals surface area contributed by atoms with Crippen LogP contribution in [0, 0.1) is 22.7 Å². The predicted molar refractivity (Wildman–Crippen MR) is 131 cm³/mol. The number of anilines is 1. The van der Waals surface area contributed by atoms with Crippen LogP contribution >= 0.6 is 11.3 Å². The molecule has 3 rings (SSSR count). The Labute approximate surface area is 201 Å². The van der Waals surface area contributed by atoms with Crippen molar-refractivity contribution in [2.75, 3.05) is 31.5 Å². The average molecular weight is 481 g/mol. The number of hydrogen-bond acceptors (Lipinski definition) is 8. The molecule has 1 amide bonds. The summed E-state index contributed by atoms with van der Waals surface area (Å²) in [6, 6.07) is 11.6. The number of aliphatic hydroxyl groups excluding tert-OH is 1. The first-order chi connectivity index (χ1) is 16.5. The van der Waals surface area contributed by atoms with Crippen LogP contribution in [0.4, 0.5) is 5.69 Å². The monoisotopic (exact) mass is 480 g/mol. The summed E-state index contributed by atoms with van der Waals surface area (Å²) in [7, 11) is 0. The van der Waals surface area contributed by atoms with Crippen LogP contribution in [0.25, 0.3) is 11.8 Å². The maximum atomic E-state index is 12.8. The van der Waals surface area contributed by atoms with Crippen LogP contribution in [-0.2, 0) is 17.8 Å². The van der Waals surface area contributed by atoms with Crippen molar-refractivity contribution in [3.63, 3.8) is 0 Å². The fraction of sp³-hybridized carbons (Fsp3) is 0.417. The molecule has 0 atom stereocenters. The number of benzene rings is 1. The standard InChI is InChI=1S/C24H28N6O3S/c1-2-30-23(33)21(34-24(30)20(15-26)22(32)27-10-9-25)16-28-18-5-3-4-17(14-18)6-11-29-12-7-19(31)8-13-29/h3-5,14,16,19,28,31H,2,6-8,10-13H2,1H3,(H,27,32). The predicted octanol–water partition coefficient (Wildman–Crippen LogP) is 0.0931. The molecule has 0 aliphatic carbocycles. The molecule has 1 fully saturated rings. The maximum Gasteiger partial charge on any atom is 0.270 e. The zero-order chi connectivity index (χ0) is 24.5. The summed E-state index contributed by atoms with van der Waals surface area (Å²) in [5, 5.41) is 33.3. The van der Waals surface area contributed by atoms with Gasteiger partial charge in [-0.15, -0.1) is 11.3 Å². The molecule has 0 unspecified atom stereocenters. The Kier molecular flexibility index (Phi) is 9.00. The number of likely N-dealkylation sites (tertiary alicyclic amines) is 1. The normalized spacial score (nSPS) is 15.9. The van der Waals surface area contributed by atoms with Crippen molar-refractivity contribution >= 4 is 34.7 Å². The summed E-state index contributed by atoms with van der Waals surface area (Å²) in [5.74, 6) is -0.678. The van der Waals surface area contributed by atoms with Crippen LogP contribution in [0.2, 0.25) is 0 Å². The van der Waals surface area contributed by atoms with E-state index < -0.39 is 5.91 Å². The molecule has 10 heteroatoms. The molecular formula is C24H28N6O3S. The zero-order valence-corrected chi connectivity index (χ0v) is 19.9. The van der Waals surface area contributed by atoms with Crippen molar-refractivity contribution in [3.8, 4) is 12.1 Å². The summed E-state index contributed by atoms with van der Waals surface area (Å²) >= 11 is 1.06. The lowest BCUT2D eigenvalue weighted by Gasteiger charge is -2.29. The number of thiazole rings is 1. The molecule has 2 heterocycles. The third-order valence-electron chi connectivity index (χ3n) is 5.68. The number of hydrogen-bond donors (Lipinski definition) is 3. The van der Waals surface area contributed by atoms with E-state index in [2.05, 4.69) is 21.6 Å². The molecule has 178 valence electrons. The van der Waals surface area contributed by atoms with E-state index in [1.807, 2.05) is 24.3 Å². The SMILES string of the molecule is CCn1c(=C(C#N)C(=O)NCC#N)sc(=CNc2cccc(CCN3CCC(O)CC3)c2)c1=O. The van der Waals surface area contributed by atoms with Gasteiger partial charge in [0.15, 0.2) is 5.57 Å². The summed E-state index contributed by atoms with van der Waals surface area (Å²) in [6.45, 7) is 4.60. The molecule has 1 aromatic carbocycles. The number of amides is 1. The fourth-order valence-electron chi connectivity index (χ4n) is 3.79. The summed E-state index contributed by atoms with van der Waals surface area (Å²) < 4.78 is 2.02. The van der Waals surface area contributed by atoms with Gasteiger partial charge in [0.1, 0.15) is 21.8 Å². The Balaban J connectivity index is 1.79. The largest absolute Gasteiger partial charge is 0.393 e. The molecular weight excluding hydrogens is 452 g/mol. The quantitative estimate of drug-likeness (QED) is 0.456. The van der Waals surface area contributed by atoms with E-state index in [-0.39, 0.29) is 28.4 Å². The number of nitriles is 2. The summed E-state index contributed by atoms with van der Waals surface area (Å²) in [6.07, 6.45) is 3.94. The number of carbonyl (C=O) groups is 1. The highest BCUT2D eigenvalue weighted by molar-refractivity contribution is 7.07. The molecule has 0 spiro atoms.